The van der Waals surface area contributed by atoms with E-state index < -0.39 is 0 Å². The summed E-state index contributed by atoms with van der Waals surface area (Å²) in [4.78, 5) is 12.3. The highest BCUT2D eigenvalue weighted by molar-refractivity contribution is 5.94. The maximum atomic E-state index is 12.3. The lowest BCUT2D eigenvalue weighted by molar-refractivity contribution is 0.0953. The second kappa shape index (κ2) is 5.60. The molecule has 1 heterocycles. The number of benzene rings is 1. The summed E-state index contributed by atoms with van der Waals surface area (Å²) in [5, 5.41) is 3.94. The number of rotatable bonds is 3. The molecule has 1 unspecified atom stereocenters. The maximum absolute atomic E-state index is 12.3. The van der Waals surface area contributed by atoms with Crippen molar-refractivity contribution in [2.24, 2.45) is 5.92 Å². The van der Waals surface area contributed by atoms with E-state index in [1.165, 1.54) is 0 Å². The molecular formula is C16H19N3O2. The quantitative estimate of drug-likeness (QED) is 0.851. The van der Waals surface area contributed by atoms with Gasteiger partial charge in [0.15, 0.2) is 5.69 Å². The van der Waals surface area contributed by atoms with Crippen molar-refractivity contribution in [2.45, 2.75) is 33.1 Å². The fourth-order valence-electron chi connectivity index (χ4n) is 2.65. The van der Waals surface area contributed by atoms with Crippen LogP contribution in [0.25, 0.3) is 0 Å². The highest BCUT2D eigenvalue weighted by Crippen LogP contribution is 2.27. The maximum Gasteiger partial charge on any atom is 0.292 e. The lowest BCUT2D eigenvalue weighted by atomic mass is 9.88. The van der Waals surface area contributed by atoms with Crippen LogP contribution >= 0.6 is 0 Å². The molecule has 1 amide bonds. The zero-order valence-corrected chi connectivity index (χ0v) is 12.3. The van der Waals surface area contributed by atoms with Crippen LogP contribution in [-0.4, -0.2) is 11.1 Å². The van der Waals surface area contributed by atoms with Crippen molar-refractivity contribution in [1.82, 2.24) is 10.6 Å². The summed E-state index contributed by atoms with van der Waals surface area (Å²) >= 11 is 0. The van der Waals surface area contributed by atoms with E-state index in [0.717, 1.165) is 41.8 Å². The molecule has 110 valence electrons. The lowest BCUT2D eigenvalue weighted by Gasteiger charge is -2.16. The van der Waals surface area contributed by atoms with Crippen LogP contribution in [0.4, 0.5) is 5.69 Å². The molecule has 0 saturated carbocycles. The summed E-state index contributed by atoms with van der Waals surface area (Å²) in [6, 6.07) is 7.77. The Bertz CT molecular complexity index is 663. The number of hydrogen-bond acceptors (Lipinski definition) is 4. The number of fused-ring (bicyclic) bond motifs is 1. The molecule has 2 N–H and O–H groups in total. The van der Waals surface area contributed by atoms with Gasteiger partial charge in [-0.15, -0.1) is 0 Å². The van der Waals surface area contributed by atoms with Crippen LogP contribution in [0.1, 0.15) is 40.7 Å². The average molecular weight is 285 g/mol. The zero-order chi connectivity index (χ0) is 14.8. The van der Waals surface area contributed by atoms with Crippen molar-refractivity contribution in [3.8, 4) is 0 Å². The van der Waals surface area contributed by atoms with Gasteiger partial charge in [0, 0.05) is 12.0 Å². The number of carbonyl (C=O) groups excluding carboxylic acids is 1. The minimum atomic E-state index is -0.252. The van der Waals surface area contributed by atoms with Gasteiger partial charge in [-0.25, -0.2) is 0 Å². The summed E-state index contributed by atoms with van der Waals surface area (Å²) in [6.45, 7) is 4.16. The molecule has 1 aliphatic rings. The summed E-state index contributed by atoms with van der Waals surface area (Å²) in [5.74, 6) is 1.17. The molecule has 2 aromatic rings. The SMILES string of the molecule is Cc1ccccc1NNC(=O)c1noc2c1CC(C)CC2. The molecular weight excluding hydrogens is 266 g/mol. The topological polar surface area (TPSA) is 67.2 Å². The Labute approximate surface area is 123 Å². The van der Waals surface area contributed by atoms with E-state index in [-0.39, 0.29) is 5.91 Å². The first-order chi connectivity index (χ1) is 10.1. The van der Waals surface area contributed by atoms with Crippen LogP contribution in [0.3, 0.4) is 0 Å². The van der Waals surface area contributed by atoms with E-state index in [1.54, 1.807) is 0 Å². The van der Waals surface area contributed by atoms with Crippen molar-refractivity contribution in [2.75, 3.05) is 5.43 Å². The van der Waals surface area contributed by atoms with E-state index in [1.807, 2.05) is 31.2 Å². The first kappa shape index (κ1) is 13.7. The number of nitrogens with zero attached hydrogens (tertiary/aromatic N) is 1. The molecule has 0 saturated heterocycles. The third-order valence-electron chi connectivity index (χ3n) is 3.96. The van der Waals surface area contributed by atoms with Crippen molar-refractivity contribution < 1.29 is 9.32 Å². The number of anilines is 1. The molecule has 3 rings (SSSR count). The third kappa shape index (κ3) is 2.77. The number of amides is 1. The minimum absolute atomic E-state index is 0.252. The van der Waals surface area contributed by atoms with Crippen LogP contribution in [0, 0.1) is 12.8 Å². The number of hydrazine groups is 1. The van der Waals surface area contributed by atoms with Gasteiger partial charge >= 0.3 is 0 Å². The number of hydrogen-bond donors (Lipinski definition) is 2. The number of nitrogens with one attached hydrogen (secondary N) is 2. The second-order valence-electron chi connectivity index (χ2n) is 5.67. The monoisotopic (exact) mass is 285 g/mol. The van der Waals surface area contributed by atoms with Crippen LogP contribution in [0.15, 0.2) is 28.8 Å². The van der Waals surface area contributed by atoms with Gasteiger partial charge in [-0.3, -0.25) is 15.6 Å². The molecule has 1 aromatic heterocycles. The number of aryl methyl sites for hydroxylation is 2. The predicted molar refractivity (Wildman–Crippen MR) is 80.0 cm³/mol. The normalized spacial score (nSPS) is 17.1. The molecule has 0 aliphatic heterocycles. The number of para-hydroxylation sites is 1. The number of carbonyl (C=O) groups is 1. The molecule has 1 aromatic carbocycles. The van der Waals surface area contributed by atoms with Crippen molar-refractivity contribution in [3.05, 3.63) is 46.8 Å². The van der Waals surface area contributed by atoms with Crippen molar-refractivity contribution >= 4 is 11.6 Å². The Balaban J connectivity index is 1.72. The highest BCUT2D eigenvalue weighted by Gasteiger charge is 2.26. The first-order valence-electron chi connectivity index (χ1n) is 7.24. The molecule has 1 atom stereocenters. The Morgan fingerprint density at radius 3 is 3.00 bits per heavy atom. The minimum Gasteiger partial charge on any atom is -0.360 e. The van der Waals surface area contributed by atoms with Gasteiger partial charge in [-0.05, 0) is 37.3 Å². The summed E-state index contributed by atoms with van der Waals surface area (Å²) in [5.41, 5.74) is 8.93. The van der Waals surface area contributed by atoms with Crippen LogP contribution < -0.4 is 10.9 Å². The largest absolute Gasteiger partial charge is 0.360 e. The van der Waals surface area contributed by atoms with Gasteiger partial charge in [-0.2, -0.15) is 0 Å². The molecule has 5 nitrogen and oxygen atoms in total. The van der Waals surface area contributed by atoms with E-state index in [2.05, 4.69) is 22.9 Å². The zero-order valence-electron chi connectivity index (χ0n) is 12.3. The summed E-state index contributed by atoms with van der Waals surface area (Å²) < 4.78 is 5.29. The fourth-order valence-corrected chi connectivity index (χ4v) is 2.65. The van der Waals surface area contributed by atoms with Gasteiger partial charge in [0.1, 0.15) is 5.76 Å². The Hall–Kier alpha value is -2.30. The Morgan fingerprint density at radius 1 is 1.38 bits per heavy atom. The average Bonchev–Trinajstić information content (AvgIpc) is 2.89. The summed E-state index contributed by atoms with van der Waals surface area (Å²) in [6.07, 6.45) is 2.80. The Kier molecular flexibility index (Phi) is 3.64. The van der Waals surface area contributed by atoms with E-state index in [9.17, 15) is 4.79 Å². The second-order valence-corrected chi connectivity index (χ2v) is 5.67. The van der Waals surface area contributed by atoms with Gasteiger partial charge < -0.3 is 4.52 Å². The molecule has 1 aliphatic carbocycles. The van der Waals surface area contributed by atoms with Crippen LogP contribution in [0.5, 0.6) is 0 Å². The molecule has 0 bridgehead atoms. The Morgan fingerprint density at radius 2 is 2.19 bits per heavy atom. The van der Waals surface area contributed by atoms with Crippen molar-refractivity contribution in [3.63, 3.8) is 0 Å². The van der Waals surface area contributed by atoms with E-state index >= 15 is 0 Å². The number of aromatic nitrogens is 1. The molecule has 21 heavy (non-hydrogen) atoms. The smallest absolute Gasteiger partial charge is 0.292 e. The molecule has 5 heteroatoms. The van der Waals surface area contributed by atoms with Gasteiger partial charge in [-0.1, -0.05) is 30.3 Å². The van der Waals surface area contributed by atoms with Gasteiger partial charge in [0.25, 0.3) is 5.91 Å². The predicted octanol–water partition coefficient (Wildman–Crippen LogP) is 2.86. The molecule has 0 spiro atoms. The van der Waals surface area contributed by atoms with E-state index in [4.69, 9.17) is 4.52 Å². The highest BCUT2D eigenvalue weighted by atomic mass is 16.5. The fraction of sp³-hybridized carbons (Fsp3) is 0.375. The van der Waals surface area contributed by atoms with Crippen LogP contribution in [-0.2, 0) is 12.8 Å². The molecule has 0 fully saturated rings. The van der Waals surface area contributed by atoms with Crippen LogP contribution in [0.2, 0.25) is 0 Å². The van der Waals surface area contributed by atoms with Gasteiger partial charge in [0.05, 0.1) is 5.69 Å². The van der Waals surface area contributed by atoms with Gasteiger partial charge in [0.2, 0.25) is 0 Å². The third-order valence-corrected chi connectivity index (χ3v) is 3.96. The van der Waals surface area contributed by atoms with Crippen molar-refractivity contribution in [1.29, 1.82) is 0 Å². The first-order valence-corrected chi connectivity index (χ1v) is 7.24. The molecule has 0 radical (unpaired) electrons. The van der Waals surface area contributed by atoms with E-state index in [0.29, 0.717) is 11.6 Å². The summed E-state index contributed by atoms with van der Waals surface area (Å²) in [7, 11) is 0. The standard InChI is InChI=1S/C16H19N3O2/c1-10-7-8-14-12(9-10)15(19-21-14)16(20)18-17-13-6-4-3-5-11(13)2/h3-6,10,17H,7-9H2,1-2H3,(H,18,20). The lowest BCUT2D eigenvalue weighted by Crippen LogP contribution is -2.31.